The molecule has 36 heavy (non-hydrogen) atoms. The first-order valence-corrected chi connectivity index (χ1v) is 11.8. The number of hydrogen-bond donors (Lipinski definition) is 4. The first kappa shape index (κ1) is 24.5. The summed E-state index contributed by atoms with van der Waals surface area (Å²) in [6, 6.07) is 27.9. The second-order valence-electron chi connectivity index (χ2n) is 8.36. The molecule has 0 aromatic heterocycles. The van der Waals surface area contributed by atoms with Crippen molar-refractivity contribution in [2.24, 2.45) is 9.98 Å². The smallest absolute Gasteiger partial charge is 0.141 e. The summed E-state index contributed by atoms with van der Waals surface area (Å²) in [4.78, 5) is 9.98. The Morgan fingerprint density at radius 1 is 0.611 bits per heavy atom. The van der Waals surface area contributed by atoms with E-state index >= 15 is 0 Å². The number of nitrogens with zero attached hydrogens (tertiary/aromatic N) is 2. The van der Waals surface area contributed by atoms with Gasteiger partial charge in [0.1, 0.15) is 29.2 Å². The van der Waals surface area contributed by atoms with Gasteiger partial charge in [-0.15, -0.1) is 0 Å². The quantitative estimate of drug-likeness (QED) is 0.232. The highest BCUT2D eigenvalue weighted by atomic mass is 16.3. The Hall–Kier alpha value is -4.58. The lowest BCUT2D eigenvalue weighted by molar-refractivity contribution is 0.449. The lowest BCUT2D eigenvalue weighted by Crippen LogP contribution is -2.14. The van der Waals surface area contributed by atoms with E-state index in [0.29, 0.717) is 29.0 Å². The molecule has 6 nitrogen and oxygen atoms in total. The molecule has 0 radical (unpaired) electrons. The molecule has 0 aliphatic rings. The molecule has 0 fully saturated rings. The largest absolute Gasteiger partial charge is 0.508 e. The highest BCUT2D eigenvalue weighted by Crippen LogP contribution is 2.29. The molecule has 0 heterocycles. The summed E-state index contributed by atoms with van der Waals surface area (Å²) in [5, 5.41) is 40.9. The van der Waals surface area contributed by atoms with E-state index in [-0.39, 0.29) is 23.0 Å². The van der Waals surface area contributed by atoms with Crippen LogP contribution in [0.5, 0.6) is 23.0 Å². The van der Waals surface area contributed by atoms with Crippen LogP contribution in [0.15, 0.2) is 107 Å². The Kier molecular flexibility index (Phi) is 7.66. The fourth-order valence-electron chi connectivity index (χ4n) is 3.95. The average Bonchev–Trinajstić information content (AvgIpc) is 2.87. The van der Waals surface area contributed by atoms with Crippen LogP contribution < -0.4 is 0 Å². The summed E-state index contributed by atoms with van der Waals surface area (Å²) in [6.45, 7) is 2.04. The van der Waals surface area contributed by atoms with Crippen molar-refractivity contribution in [2.45, 2.75) is 25.9 Å². The van der Waals surface area contributed by atoms with E-state index in [4.69, 9.17) is 9.98 Å². The summed E-state index contributed by atoms with van der Waals surface area (Å²) in [7, 11) is 0. The first-order chi connectivity index (χ1) is 17.5. The Labute approximate surface area is 210 Å². The average molecular weight is 481 g/mol. The minimum atomic E-state index is -0.540. The van der Waals surface area contributed by atoms with Crippen molar-refractivity contribution in [1.29, 1.82) is 0 Å². The molecule has 0 amide bonds. The molecule has 0 bridgehead atoms. The van der Waals surface area contributed by atoms with Gasteiger partial charge in [-0.2, -0.15) is 0 Å². The van der Waals surface area contributed by atoms with Gasteiger partial charge in [-0.25, -0.2) is 0 Å². The zero-order valence-electron chi connectivity index (χ0n) is 19.9. The summed E-state index contributed by atoms with van der Waals surface area (Å²) in [6.07, 6.45) is 0.872. The number of hydrogen-bond acceptors (Lipinski definition) is 6. The molecule has 0 unspecified atom stereocenters. The van der Waals surface area contributed by atoms with Gasteiger partial charge in [0.15, 0.2) is 0 Å². The van der Waals surface area contributed by atoms with Gasteiger partial charge < -0.3 is 20.4 Å². The third kappa shape index (κ3) is 5.73. The van der Waals surface area contributed by atoms with Crippen LogP contribution in [-0.2, 0) is 0 Å². The molecule has 0 aliphatic heterocycles. The fourth-order valence-corrected chi connectivity index (χ4v) is 3.95. The lowest BCUT2D eigenvalue weighted by Gasteiger charge is -2.16. The summed E-state index contributed by atoms with van der Waals surface area (Å²) in [5.41, 5.74) is 3.62. The standard InChI is InChI=1S/C30H28N2O4/c1-2-9-28(31-29(20-10-5-3-6-11-20)24-16-14-22(33)18-26(24)35)32-30(21-12-7-4-8-13-21)25-17-15-23(34)19-27(25)36/h3-8,10-19,28,33-36H,2,9H2,1H3/b31-29+,32-30+. The van der Waals surface area contributed by atoms with Crippen molar-refractivity contribution in [3.63, 3.8) is 0 Å². The maximum absolute atomic E-state index is 10.6. The summed E-state index contributed by atoms with van der Waals surface area (Å²) >= 11 is 0. The van der Waals surface area contributed by atoms with Gasteiger partial charge in [-0.05, 0) is 30.7 Å². The first-order valence-electron chi connectivity index (χ1n) is 11.8. The van der Waals surface area contributed by atoms with Gasteiger partial charge >= 0.3 is 0 Å². The molecule has 0 saturated carbocycles. The number of phenols is 4. The SMILES string of the molecule is CCCC(/N=C(\c1ccccc1)c1ccc(O)cc1O)/N=C(\c1ccccc1)c1ccc(O)cc1O. The van der Waals surface area contributed by atoms with Crippen molar-refractivity contribution in [3.8, 4) is 23.0 Å². The monoisotopic (exact) mass is 480 g/mol. The molecule has 4 rings (SSSR count). The molecule has 0 saturated heterocycles. The van der Waals surface area contributed by atoms with E-state index in [2.05, 4.69) is 0 Å². The topological polar surface area (TPSA) is 106 Å². The maximum atomic E-state index is 10.6. The third-order valence-electron chi connectivity index (χ3n) is 5.67. The van der Waals surface area contributed by atoms with E-state index in [1.807, 2.05) is 67.6 Å². The molecular weight excluding hydrogens is 452 g/mol. The second kappa shape index (κ2) is 11.2. The van der Waals surface area contributed by atoms with Crippen LogP contribution in [0.3, 0.4) is 0 Å². The maximum Gasteiger partial charge on any atom is 0.141 e. The van der Waals surface area contributed by atoms with Gasteiger partial charge in [-0.1, -0.05) is 74.0 Å². The molecule has 4 aromatic carbocycles. The summed E-state index contributed by atoms with van der Waals surface area (Å²) in [5.74, 6) is -0.255. The van der Waals surface area contributed by atoms with Crippen LogP contribution in [0.4, 0.5) is 0 Å². The Bertz CT molecular complexity index is 1280. The van der Waals surface area contributed by atoms with Crippen molar-refractivity contribution in [1.82, 2.24) is 0 Å². The Morgan fingerprint density at radius 2 is 1.03 bits per heavy atom. The predicted molar refractivity (Wildman–Crippen MR) is 142 cm³/mol. The zero-order chi connectivity index (χ0) is 25.5. The van der Waals surface area contributed by atoms with E-state index in [0.717, 1.165) is 17.5 Å². The second-order valence-corrected chi connectivity index (χ2v) is 8.36. The molecular formula is C30H28N2O4. The van der Waals surface area contributed by atoms with Gasteiger partial charge in [-0.3, -0.25) is 9.98 Å². The molecule has 4 aromatic rings. The Morgan fingerprint density at radius 3 is 1.39 bits per heavy atom. The summed E-state index contributed by atoms with van der Waals surface area (Å²) < 4.78 is 0. The number of phenolic OH excluding ortho intramolecular Hbond substituents is 4. The van der Waals surface area contributed by atoms with Crippen LogP contribution in [-0.4, -0.2) is 38.0 Å². The number of aromatic hydroxyl groups is 4. The predicted octanol–water partition coefficient (Wildman–Crippen LogP) is 6.01. The Balaban J connectivity index is 1.91. The van der Waals surface area contributed by atoms with Crippen LogP contribution in [0.2, 0.25) is 0 Å². The number of aliphatic imine (C=N–C) groups is 2. The molecule has 6 heteroatoms. The minimum absolute atomic E-state index is 0.0408. The van der Waals surface area contributed by atoms with Gasteiger partial charge in [0, 0.05) is 34.4 Å². The zero-order valence-corrected chi connectivity index (χ0v) is 19.9. The van der Waals surface area contributed by atoms with Crippen molar-refractivity contribution in [3.05, 3.63) is 119 Å². The number of rotatable bonds is 8. The normalized spacial score (nSPS) is 12.2. The van der Waals surface area contributed by atoms with E-state index in [1.54, 1.807) is 12.1 Å². The highest BCUT2D eigenvalue weighted by Gasteiger charge is 2.18. The van der Waals surface area contributed by atoms with Crippen LogP contribution in [0, 0.1) is 0 Å². The number of benzene rings is 4. The van der Waals surface area contributed by atoms with Crippen LogP contribution in [0.1, 0.15) is 42.0 Å². The molecule has 0 spiro atoms. The van der Waals surface area contributed by atoms with Crippen molar-refractivity contribution >= 4 is 11.4 Å². The molecule has 0 atom stereocenters. The van der Waals surface area contributed by atoms with E-state index in [1.165, 1.54) is 24.3 Å². The highest BCUT2D eigenvalue weighted by molar-refractivity contribution is 6.16. The van der Waals surface area contributed by atoms with E-state index < -0.39 is 6.17 Å². The minimum Gasteiger partial charge on any atom is -0.508 e. The van der Waals surface area contributed by atoms with Gasteiger partial charge in [0.25, 0.3) is 0 Å². The molecule has 182 valence electrons. The van der Waals surface area contributed by atoms with Crippen molar-refractivity contribution in [2.75, 3.05) is 0 Å². The lowest BCUT2D eigenvalue weighted by atomic mass is 10.00. The van der Waals surface area contributed by atoms with Crippen LogP contribution >= 0.6 is 0 Å². The molecule has 0 aliphatic carbocycles. The van der Waals surface area contributed by atoms with Gasteiger partial charge in [0.05, 0.1) is 11.4 Å². The third-order valence-corrected chi connectivity index (χ3v) is 5.67. The van der Waals surface area contributed by atoms with E-state index in [9.17, 15) is 20.4 Å². The molecule has 4 N–H and O–H groups in total. The van der Waals surface area contributed by atoms with Gasteiger partial charge in [0.2, 0.25) is 0 Å². The van der Waals surface area contributed by atoms with Crippen molar-refractivity contribution < 1.29 is 20.4 Å². The van der Waals surface area contributed by atoms with Crippen LogP contribution in [0.25, 0.3) is 0 Å². The fraction of sp³-hybridized carbons (Fsp3) is 0.133.